The van der Waals surface area contributed by atoms with Crippen LogP contribution in [0.4, 0.5) is 0 Å². The molecule has 0 aliphatic rings. The zero-order chi connectivity index (χ0) is 7.72. The molecule has 0 aliphatic heterocycles. The zero-order valence-electron chi connectivity index (χ0n) is 5.78. The van der Waals surface area contributed by atoms with E-state index in [0.29, 0.717) is 5.02 Å². The van der Waals surface area contributed by atoms with Gasteiger partial charge in [0.2, 0.25) is 0 Å². The van der Waals surface area contributed by atoms with Crippen molar-refractivity contribution < 1.29 is 0 Å². The molecule has 0 saturated heterocycles. The first-order valence-corrected chi connectivity index (χ1v) is 4.07. The van der Waals surface area contributed by atoms with E-state index in [1.807, 2.05) is 13.8 Å². The summed E-state index contributed by atoms with van der Waals surface area (Å²) in [5, 5.41) is 0.706. The largest absolute Gasteiger partial charge is 0.259 e. The van der Waals surface area contributed by atoms with Crippen LogP contribution in [0.1, 0.15) is 11.3 Å². The predicted molar refractivity (Wildman–Crippen MR) is 46.4 cm³/mol. The van der Waals surface area contributed by atoms with E-state index in [2.05, 4.69) is 20.9 Å². The molecule has 1 heterocycles. The standard InChI is InChI=1S/C7H7BrClN/c1-4-6(9)3-10-5(2)7(4)8/h3H,1-2H3. The Morgan fingerprint density at radius 2 is 2.10 bits per heavy atom. The van der Waals surface area contributed by atoms with E-state index in [1.54, 1.807) is 6.20 Å². The highest BCUT2D eigenvalue weighted by molar-refractivity contribution is 9.10. The Balaban J connectivity index is 3.34. The first-order chi connectivity index (χ1) is 4.63. The van der Waals surface area contributed by atoms with Crippen molar-refractivity contribution in [3.05, 3.63) is 26.9 Å². The van der Waals surface area contributed by atoms with Crippen LogP contribution in [0.5, 0.6) is 0 Å². The number of hydrogen-bond donors (Lipinski definition) is 0. The van der Waals surface area contributed by atoms with Gasteiger partial charge in [0.1, 0.15) is 0 Å². The van der Waals surface area contributed by atoms with Gasteiger partial charge in [-0.15, -0.1) is 0 Å². The van der Waals surface area contributed by atoms with Crippen LogP contribution < -0.4 is 0 Å². The third kappa shape index (κ3) is 1.32. The third-order valence-corrected chi connectivity index (χ3v) is 2.93. The molecule has 1 nitrogen and oxygen atoms in total. The molecule has 1 rings (SSSR count). The van der Waals surface area contributed by atoms with Gasteiger partial charge in [-0.2, -0.15) is 0 Å². The Kier molecular flexibility index (Phi) is 2.32. The van der Waals surface area contributed by atoms with Gasteiger partial charge in [-0.3, -0.25) is 4.98 Å². The van der Waals surface area contributed by atoms with Crippen molar-refractivity contribution in [2.45, 2.75) is 13.8 Å². The van der Waals surface area contributed by atoms with E-state index in [9.17, 15) is 0 Å². The summed E-state index contributed by atoms with van der Waals surface area (Å²) in [6, 6.07) is 0. The summed E-state index contributed by atoms with van der Waals surface area (Å²) in [5.74, 6) is 0. The molecule has 54 valence electrons. The van der Waals surface area contributed by atoms with E-state index in [1.165, 1.54) is 0 Å². The second-order valence-corrected chi connectivity index (χ2v) is 3.33. The Morgan fingerprint density at radius 1 is 1.50 bits per heavy atom. The second kappa shape index (κ2) is 2.89. The summed E-state index contributed by atoms with van der Waals surface area (Å²) in [6.07, 6.45) is 1.66. The third-order valence-electron chi connectivity index (χ3n) is 1.38. The molecule has 0 saturated carbocycles. The lowest BCUT2D eigenvalue weighted by atomic mass is 10.2. The Labute approximate surface area is 73.6 Å². The van der Waals surface area contributed by atoms with Crippen LogP contribution in [0, 0.1) is 13.8 Å². The lowest BCUT2D eigenvalue weighted by molar-refractivity contribution is 1.15. The van der Waals surface area contributed by atoms with E-state index >= 15 is 0 Å². The molecule has 0 aliphatic carbocycles. The van der Waals surface area contributed by atoms with Crippen molar-refractivity contribution in [2.75, 3.05) is 0 Å². The van der Waals surface area contributed by atoms with Gasteiger partial charge in [0.25, 0.3) is 0 Å². The fourth-order valence-corrected chi connectivity index (χ4v) is 1.26. The predicted octanol–water partition coefficient (Wildman–Crippen LogP) is 3.11. The molecule has 0 fully saturated rings. The average Bonchev–Trinajstić information content (AvgIpc) is 1.93. The van der Waals surface area contributed by atoms with Gasteiger partial charge < -0.3 is 0 Å². The molecule has 0 bridgehead atoms. The van der Waals surface area contributed by atoms with Gasteiger partial charge in [0, 0.05) is 10.7 Å². The maximum Gasteiger partial charge on any atom is 0.0629 e. The van der Waals surface area contributed by atoms with Crippen LogP contribution in [0.15, 0.2) is 10.7 Å². The smallest absolute Gasteiger partial charge is 0.0629 e. The SMILES string of the molecule is Cc1ncc(Cl)c(C)c1Br. The summed E-state index contributed by atoms with van der Waals surface area (Å²) < 4.78 is 1.00. The molecule has 10 heavy (non-hydrogen) atoms. The van der Waals surface area contributed by atoms with E-state index < -0.39 is 0 Å². The molecule has 1 aromatic heterocycles. The minimum atomic E-state index is 0.706. The highest BCUT2D eigenvalue weighted by Gasteiger charge is 2.02. The molecule has 3 heteroatoms. The maximum atomic E-state index is 5.79. The number of pyridine rings is 1. The average molecular weight is 220 g/mol. The van der Waals surface area contributed by atoms with E-state index in [-0.39, 0.29) is 0 Å². The van der Waals surface area contributed by atoms with Gasteiger partial charge in [0.15, 0.2) is 0 Å². The first kappa shape index (κ1) is 8.02. The van der Waals surface area contributed by atoms with Crippen LogP contribution in [0.2, 0.25) is 5.02 Å². The van der Waals surface area contributed by atoms with Crippen molar-refractivity contribution in [2.24, 2.45) is 0 Å². The number of aromatic nitrogens is 1. The van der Waals surface area contributed by atoms with Crippen LogP contribution >= 0.6 is 27.5 Å². The molecule has 0 spiro atoms. The van der Waals surface area contributed by atoms with Crippen molar-refractivity contribution in [1.29, 1.82) is 0 Å². The van der Waals surface area contributed by atoms with Crippen LogP contribution in [-0.4, -0.2) is 4.98 Å². The lowest BCUT2D eigenvalue weighted by Crippen LogP contribution is -1.86. The number of halogens is 2. The number of rotatable bonds is 0. The zero-order valence-corrected chi connectivity index (χ0v) is 8.12. The minimum absolute atomic E-state index is 0.706. The molecule has 0 N–H and O–H groups in total. The Bertz CT molecular complexity index is 233. The summed E-state index contributed by atoms with van der Waals surface area (Å²) in [7, 11) is 0. The fraction of sp³-hybridized carbons (Fsp3) is 0.286. The molecule has 0 aromatic carbocycles. The molecule has 1 aromatic rings. The number of aryl methyl sites for hydroxylation is 1. The van der Waals surface area contributed by atoms with Crippen LogP contribution in [-0.2, 0) is 0 Å². The van der Waals surface area contributed by atoms with Gasteiger partial charge in [-0.25, -0.2) is 0 Å². The monoisotopic (exact) mass is 219 g/mol. The van der Waals surface area contributed by atoms with Crippen LogP contribution in [0.25, 0.3) is 0 Å². The maximum absolute atomic E-state index is 5.79. The van der Waals surface area contributed by atoms with Crippen molar-refractivity contribution in [3.8, 4) is 0 Å². The summed E-state index contributed by atoms with van der Waals surface area (Å²) >= 11 is 9.18. The number of nitrogens with zero attached hydrogens (tertiary/aromatic N) is 1. The normalized spacial score (nSPS) is 10.0. The summed E-state index contributed by atoms with van der Waals surface area (Å²) in [6.45, 7) is 3.90. The highest BCUT2D eigenvalue weighted by atomic mass is 79.9. The Hall–Kier alpha value is -0.0800. The molecule has 0 unspecified atom stereocenters. The molecule has 0 atom stereocenters. The second-order valence-electron chi connectivity index (χ2n) is 2.13. The van der Waals surface area contributed by atoms with Gasteiger partial charge >= 0.3 is 0 Å². The fourth-order valence-electron chi connectivity index (χ4n) is 0.683. The van der Waals surface area contributed by atoms with Crippen LogP contribution in [0.3, 0.4) is 0 Å². The van der Waals surface area contributed by atoms with Crippen molar-refractivity contribution in [3.63, 3.8) is 0 Å². The lowest BCUT2D eigenvalue weighted by Gasteiger charge is -2.01. The first-order valence-electron chi connectivity index (χ1n) is 2.90. The Morgan fingerprint density at radius 3 is 2.60 bits per heavy atom. The number of hydrogen-bond acceptors (Lipinski definition) is 1. The van der Waals surface area contributed by atoms with E-state index in [0.717, 1.165) is 15.7 Å². The van der Waals surface area contributed by atoms with E-state index in [4.69, 9.17) is 11.6 Å². The molecular formula is C7H7BrClN. The quantitative estimate of drug-likeness (QED) is 0.655. The molecule has 0 radical (unpaired) electrons. The molecular weight excluding hydrogens is 213 g/mol. The summed E-state index contributed by atoms with van der Waals surface area (Å²) in [5.41, 5.74) is 2.02. The van der Waals surface area contributed by atoms with Gasteiger partial charge in [-0.1, -0.05) is 11.6 Å². The topological polar surface area (TPSA) is 12.9 Å². The highest BCUT2D eigenvalue weighted by Crippen LogP contribution is 2.24. The minimum Gasteiger partial charge on any atom is -0.259 e. The van der Waals surface area contributed by atoms with Gasteiger partial charge in [-0.05, 0) is 35.3 Å². The summed E-state index contributed by atoms with van der Waals surface area (Å²) in [4.78, 5) is 4.06. The van der Waals surface area contributed by atoms with Crippen molar-refractivity contribution in [1.82, 2.24) is 4.98 Å². The molecule has 0 amide bonds. The van der Waals surface area contributed by atoms with Crippen molar-refractivity contribution >= 4 is 27.5 Å². The van der Waals surface area contributed by atoms with Gasteiger partial charge in [0.05, 0.1) is 10.7 Å².